The van der Waals surface area contributed by atoms with E-state index in [0.29, 0.717) is 0 Å². The van der Waals surface area contributed by atoms with Crippen LogP contribution in [0.4, 0.5) is 0 Å². The molecule has 0 saturated heterocycles. The van der Waals surface area contributed by atoms with Crippen LogP contribution in [0.1, 0.15) is 12.5 Å². The SMILES string of the molecule is CCOC(=O)C(N)C#N.Cc1ccc(S(=O)(=O)O)cc1. The second-order valence-corrected chi connectivity index (χ2v) is 5.07. The maximum atomic E-state index is 10.5. The van der Waals surface area contributed by atoms with Crippen LogP contribution in [0.5, 0.6) is 0 Å². The molecule has 0 saturated carbocycles. The van der Waals surface area contributed by atoms with Crippen LogP contribution in [0.3, 0.4) is 0 Å². The molecule has 0 aliphatic carbocycles. The molecule has 7 nitrogen and oxygen atoms in total. The molecule has 1 aromatic rings. The van der Waals surface area contributed by atoms with Crippen molar-refractivity contribution in [3.8, 4) is 6.07 Å². The number of carbonyl (C=O) groups is 1. The van der Waals surface area contributed by atoms with Crippen LogP contribution in [0.25, 0.3) is 0 Å². The number of benzene rings is 1. The molecule has 0 radical (unpaired) electrons. The number of hydrogen-bond donors (Lipinski definition) is 2. The van der Waals surface area contributed by atoms with Gasteiger partial charge in [-0.3, -0.25) is 4.55 Å². The molecule has 0 heterocycles. The summed E-state index contributed by atoms with van der Waals surface area (Å²) in [4.78, 5) is 10.3. The molecule has 0 spiro atoms. The number of ether oxygens (including phenoxy) is 1. The lowest BCUT2D eigenvalue weighted by Gasteiger charge is -2.00. The summed E-state index contributed by atoms with van der Waals surface area (Å²) in [7, 11) is -4.02. The first-order valence-electron chi connectivity index (χ1n) is 5.58. The van der Waals surface area contributed by atoms with Gasteiger partial charge in [0, 0.05) is 0 Å². The maximum absolute atomic E-state index is 10.5. The Balaban J connectivity index is 0.000000370. The van der Waals surface area contributed by atoms with Gasteiger partial charge in [0.25, 0.3) is 10.1 Å². The lowest BCUT2D eigenvalue weighted by Crippen LogP contribution is -2.30. The number of carbonyl (C=O) groups excluding carboxylic acids is 1. The van der Waals surface area contributed by atoms with Gasteiger partial charge in [-0.1, -0.05) is 17.7 Å². The molecule has 1 unspecified atom stereocenters. The van der Waals surface area contributed by atoms with E-state index in [0.717, 1.165) is 5.56 Å². The van der Waals surface area contributed by atoms with Crippen molar-refractivity contribution in [1.82, 2.24) is 0 Å². The molecular formula is C12H16N2O5S. The molecule has 3 N–H and O–H groups in total. The summed E-state index contributed by atoms with van der Waals surface area (Å²) in [5.41, 5.74) is 5.92. The highest BCUT2D eigenvalue weighted by atomic mass is 32.2. The topological polar surface area (TPSA) is 130 Å². The number of aryl methyl sites for hydroxylation is 1. The van der Waals surface area contributed by atoms with Crippen molar-refractivity contribution in [3.05, 3.63) is 29.8 Å². The second kappa shape index (κ2) is 8.27. The lowest BCUT2D eigenvalue weighted by molar-refractivity contribution is -0.143. The van der Waals surface area contributed by atoms with Gasteiger partial charge in [-0.2, -0.15) is 13.7 Å². The molecule has 1 rings (SSSR count). The van der Waals surface area contributed by atoms with Gasteiger partial charge in [0.05, 0.1) is 17.6 Å². The van der Waals surface area contributed by atoms with Crippen molar-refractivity contribution >= 4 is 16.1 Å². The van der Waals surface area contributed by atoms with E-state index >= 15 is 0 Å². The number of rotatable bonds is 3. The van der Waals surface area contributed by atoms with E-state index in [9.17, 15) is 13.2 Å². The van der Waals surface area contributed by atoms with E-state index in [1.165, 1.54) is 12.1 Å². The fourth-order valence-corrected chi connectivity index (χ4v) is 1.48. The van der Waals surface area contributed by atoms with Crippen molar-refractivity contribution in [3.63, 3.8) is 0 Å². The normalized spacial score (nSPS) is 11.6. The molecule has 8 heteroatoms. The molecule has 0 aromatic heterocycles. The third-order valence-corrected chi connectivity index (χ3v) is 2.87. The van der Waals surface area contributed by atoms with Crippen molar-refractivity contribution in [2.45, 2.75) is 24.8 Å². The van der Waals surface area contributed by atoms with E-state index in [4.69, 9.17) is 15.5 Å². The van der Waals surface area contributed by atoms with Gasteiger partial charge in [-0.15, -0.1) is 0 Å². The van der Waals surface area contributed by atoms with E-state index in [-0.39, 0.29) is 11.5 Å². The summed E-state index contributed by atoms with van der Waals surface area (Å²) < 4.78 is 34.0. The highest BCUT2D eigenvalue weighted by molar-refractivity contribution is 7.85. The number of nitrogens with zero attached hydrogens (tertiary/aromatic N) is 1. The molecule has 0 amide bonds. The Labute approximate surface area is 117 Å². The van der Waals surface area contributed by atoms with Crippen molar-refractivity contribution in [1.29, 1.82) is 5.26 Å². The number of nitrogens with two attached hydrogens (primary N) is 1. The summed E-state index contributed by atoms with van der Waals surface area (Å²) in [6.07, 6.45) is 0. The highest BCUT2D eigenvalue weighted by Crippen LogP contribution is 2.08. The first-order chi connectivity index (χ1) is 9.22. The molecule has 0 aliphatic heterocycles. The van der Waals surface area contributed by atoms with Crippen LogP contribution in [0.15, 0.2) is 29.2 Å². The van der Waals surface area contributed by atoms with E-state index in [1.807, 2.05) is 6.92 Å². The van der Waals surface area contributed by atoms with Crippen LogP contribution in [-0.2, 0) is 19.6 Å². The zero-order chi connectivity index (χ0) is 15.8. The van der Waals surface area contributed by atoms with Crippen LogP contribution >= 0.6 is 0 Å². The zero-order valence-electron chi connectivity index (χ0n) is 11.1. The van der Waals surface area contributed by atoms with Gasteiger partial charge in [-0.25, -0.2) is 4.79 Å². The van der Waals surface area contributed by atoms with Crippen LogP contribution in [0, 0.1) is 18.3 Å². The Morgan fingerprint density at radius 3 is 2.30 bits per heavy atom. The minimum Gasteiger partial charge on any atom is -0.464 e. The van der Waals surface area contributed by atoms with Crippen molar-refractivity contribution in [2.75, 3.05) is 6.61 Å². The summed E-state index contributed by atoms with van der Waals surface area (Å²) in [5, 5.41) is 8.06. The van der Waals surface area contributed by atoms with E-state index in [2.05, 4.69) is 4.74 Å². The molecular weight excluding hydrogens is 284 g/mol. The van der Waals surface area contributed by atoms with Crippen LogP contribution < -0.4 is 5.73 Å². The van der Waals surface area contributed by atoms with Gasteiger partial charge in [-0.05, 0) is 26.0 Å². The summed E-state index contributed by atoms with van der Waals surface area (Å²) in [5.74, 6) is -0.667. The monoisotopic (exact) mass is 300 g/mol. The average Bonchev–Trinajstić information content (AvgIpc) is 2.38. The number of esters is 1. The highest BCUT2D eigenvalue weighted by Gasteiger charge is 2.11. The Morgan fingerprint density at radius 1 is 1.45 bits per heavy atom. The zero-order valence-corrected chi connectivity index (χ0v) is 11.9. The third kappa shape index (κ3) is 6.84. The lowest BCUT2D eigenvalue weighted by atomic mass is 10.2. The van der Waals surface area contributed by atoms with Gasteiger partial charge < -0.3 is 10.5 Å². The standard InChI is InChI=1S/C7H8O3S.C5H8N2O2/c1-6-2-4-7(5-3-6)11(8,9)10;1-2-9-5(8)4(7)3-6/h2-5H,1H3,(H,8,9,10);4H,2,7H2,1H3. The summed E-state index contributed by atoms with van der Waals surface area (Å²) >= 11 is 0. The Morgan fingerprint density at radius 2 is 1.95 bits per heavy atom. The van der Waals surface area contributed by atoms with Gasteiger partial charge >= 0.3 is 5.97 Å². The molecule has 0 aliphatic rings. The summed E-state index contributed by atoms with van der Waals surface area (Å²) in [6, 6.07) is 6.41. The first-order valence-corrected chi connectivity index (χ1v) is 7.02. The fourth-order valence-electron chi connectivity index (χ4n) is 0.995. The van der Waals surface area contributed by atoms with E-state index < -0.39 is 22.1 Å². The molecule has 1 aromatic carbocycles. The minimum atomic E-state index is -4.02. The number of hydrogen-bond acceptors (Lipinski definition) is 6. The van der Waals surface area contributed by atoms with Gasteiger partial charge in [0.2, 0.25) is 0 Å². The molecule has 110 valence electrons. The van der Waals surface area contributed by atoms with Crippen molar-refractivity contribution < 1.29 is 22.5 Å². The van der Waals surface area contributed by atoms with Crippen LogP contribution in [-0.4, -0.2) is 31.6 Å². The van der Waals surface area contributed by atoms with E-state index in [1.54, 1.807) is 25.1 Å². The largest absolute Gasteiger partial charge is 0.464 e. The van der Waals surface area contributed by atoms with Gasteiger partial charge in [0.1, 0.15) is 0 Å². The molecule has 0 fully saturated rings. The molecule has 0 bridgehead atoms. The smallest absolute Gasteiger partial charge is 0.337 e. The maximum Gasteiger partial charge on any atom is 0.337 e. The molecule has 1 atom stereocenters. The fraction of sp³-hybridized carbons (Fsp3) is 0.333. The molecule has 20 heavy (non-hydrogen) atoms. The first kappa shape index (κ1) is 18.0. The summed E-state index contributed by atoms with van der Waals surface area (Å²) in [6.45, 7) is 3.75. The predicted octanol–water partition coefficient (Wildman–Crippen LogP) is 0.642. The average molecular weight is 300 g/mol. The van der Waals surface area contributed by atoms with Crippen LogP contribution in [0.2, 0.25) is 0 Å². The predicted molar refractivity (Wildman–Crippen MR) is 71.2 cm³/mol. The Hall–Kier alpha value is -1.95. The Bertz CT molecular complexity index is 575. The third-order valence-electron chi connectivity index (χ3n) is 2.00. The Kier molecular flexibility index (Phi) is 7.46. The number of nitriles is 1. The van der Waals surface area contributed by atoms with Gasteiger partial charge in [0.15, 0.2) is 6.04 Å². The van der Waals surface area contributed by atoms with Crippen molar-refractivity contribution in [2.24, 2.45) is 5.73 Å². The quantitative estimate of drug-likeness (QED) is 0.618. The second-order valence-electron chi connectivity index (χ2n) is 3.65. The minimum absolute atomic E-state index is 0.0666.